The van der Waals surface area contributed by atoms with Crippen molar-refractivity contribution in [3.8, 4) is 0 Å². The molecule has 1 aliphatic rings. The summed E-state index contributed by atoms with van der Waals surface area (Å²) in [7, 11) is 0. The smallest absolute Gasteiger partial charge is 0.337 e. The third-order valence-corrected chi connectivity index (χ3v) is 4.73. The second-order valence-corrected chi connectivity index (χ2v) is 6.74. The number of carbonyl (C=O) groups is 2. The lowest BCUT2D eigenvalue weighted by atomic mass is 9.87. The Labute approximate surface area is 133 Å². The molecule has 0 spiro atoms. The number of hydrogen-bond donors (Lipinski definition) is 3. The van der Waals surface area contributed by atoms with E-state index in [0.717, 1.165) is 19.3 Å². The van der Waals surface area contributed by atoms with Gasteiger partial charge >= 0.3 is 5.97 Å². The van der Waals surface area contributed by atoms with Crippen LogP contribution in [0.25, 0.3) is 5.52 Å². The molecule has 0 bridgehead atoms. The molecule has 1 aliphatic carbocycles. The van der Waals surface area contributed by atoms with Crippen LogP contribution in [0.4, 0.5) is 5.69 Å². The van der Waals surface area contributed by atoms with Gasteiger partial charge < -0.3 is 16.2 Å². The molecule has 2 heterocycles. The van der Waals surface area contributed by atoms with Gasteiger partial charge in [-0.2, -0.15) is 5.10 Å². The van der Waals surface area contributed by atoms with Crippen molar-refractivity contribution in [2.75, 3.05) is 5.32 Å². The van der Waals surface area contributed by atoms with Gasteiger partial charge in [-0.3, -0.25) is 4.79 Å². The largest absolute Gasteiger partial charge is 0.478 e. The fourth-order valence-corrected chi connectivity index (χ4v) is 3.28. The van der Waals surface area contributed by atoms with Crippen molar-refractivity contribution >= 4 is 23.1 Å². The van der Waals surface area contributed by atoms with Crippen LogP contribution >= 0.6 is 0 Å². The average molecular weight is 316 g/mol. The normalized spacial score (nSPS) is 19.8. The van der Waals surface area contributed by atoms with E-state index in [-0.39, 0.29) is 22.6 Å². The van der Waals surface area contributed by atoms with E-state index in [1.807, 2.05) is 0 Å². The zero-order valence-electron chi connectivity index (χ0n) is 13.2. The summed E-state index contributed by atoms with van der Waals surface area (Å²) in [6.45, 7) is 4.36. The first kappa shape index (κ1) is 15.3. The van der Waals surface area contributed by atoms with E-state index in [1.54, 1.807) is 0 Å². The first-order valence-electron chi connectivity index (χ1n) is 7.60. The molecule has 122 valence electrons. The van der Waals surface area contributed by atoms with E-state index in [0.29, 0.717) is 11.2 Å². The van der Waals surface area contributed by atoms with Crippen molar-refractivity contribution in [3.63, 3.8) is 0 Å². The highest BCUT2D eigenvalue weighted by molar-refractivity contribution is 6.03. The molecule has 1 atom stereocenters. The number of rotatable bonds is 4. The minimum Gasteiger partial charge on any atom is -0.478 e. The summed E-state index contributed by atoms with van der Waals surface area (Å²) >= 11 is 0. The maximum Gasteiger partial charge on any atom is 0.337 e. The number of carbonyl (C=O) groups excluding carboxylic acids is 1. The molecule has 1 fully saturated rings. The van der Waals surface area contributed by atoms with Crippen molar-refractivity contribution < 1.29 is 14.7 Å². The fraction of sp³-hybridized carbons (Fsp3) is 0.438. The van der Waals surface area contributed by atoms with Gasteiger partial charge in [-0.25, -0.2) is 9.31 Å². The van der Waals surface area contributed by atoms with E-state index in [2.05, 4.69) is 24.3 Å². The molecule has 2 aromatic rings. The number of nitrogens with zero attached hydrogens (tertiary/aromatic N) is 2. The van der Waals surface area contributed by atoms with Gasteiger partial charge in [0.05, 0.1) is 28.5 Å². The molecular weight excluding hydrogens is 296 g/mol. The highest BCUT2D eigenvalue weighted by atomic mass is 16.4. The molecule has 4 N–H and O–H groups in total. The SMILES string of the molecule is CC1(C)CCC[C@H]1Nc1c(C(N)=O)cnn2cc(C(=O)O)cc12. The number of nitrogens with one attached hydrogen (secondary N) is 1. The molecule has 3 rings (SSSR count). The molecule has 1 saturated carbocycles. The van der Waals surface area contributed by atoms with Gasteiger partial charge in [-0.15, -0.1) is 0 Å². The van der Waals surface area contributed by atoms with Crippen LogP contribution in [0.1, 0.15) is 53.8 Å². The summed E-state index contributed by atoms with van der Waals surface area (Å²) in [6, 6.07) is 1.70. The van der Waals surface area contributed by atoms with Crippen LogP contribution in [0.3, 0.4) is 0 Å². The lowest BCUT2D eigenvalue weighted by Crippen LogP contribution is -2.32. The maximum absolute atomic E-state index is 11.8. The standard InChI is InChI=1S/C16H20N4O3/c1-16(2)5-3-4-12(16)19-13-10(14(17)21)7-18-20-8-9(15(22)23)6-11(13)20/h6-8,12,19H,3-5H2,1-2H3,(H2,17,21)(H,22,23)/t12-/m1/s1. The number of aromatic nitrogens is 2. The van der Waals surface area contributed by atoms with Gasteiger partial charge in [0.2, 0.25) is 0 Å². The topological polar surface area (TPSA) is 110 Å². The predicted molar refractivity (Wildman–Crippen MR) is 85.7 cm³/mol. The Kier molecular flexibility index (Phi) is 3.50. The summed E-state index contributed by atoms with van der Waals surface area (Å²) in [5.74, 6) is -1.63. The monoisotopic (exact) mass is 316 g/mol. The number of aromatic carboxylic acids is 1. The third kappa shape index (κ3) is 2.62. The number of hydrogen-bond acceptors (Lipinski definition) is 4. The molecule has 2 aromatic heterocycles. The van der Waals surface area contributed by atoms with Gasteiger partial charge in [0, 0.05) is 12.2 Å². The first-order valence-corrected chi connectivity index (χ1v) is 7.60. The van der Waals surface area contributed by atoms with E-state index < -0.39 is 11.9 Å². The van der Waals surface area contributed by atoms with E-state index >= 15 is 0 Å². The van der Waals surface area contributed by atoms with Crippen LogP contribution in [0.5, 0.6) is 0 Å². The summed E-state index contributed by atoms with van der Waals surface area (Å²) in [6.07, 6.45) is 6.00. The zero-order chi connectivity index (χ0) is 16.8. The number of anilines is 1. The molecule has 0 aliphatic heterocycles. The van der Waals surface area contributed by atoms with Crippen molar-refractivity contribution in [2.24, 2.45) is 11.1 Å². The molecule has 23 heavy (non-hydrogen) atoms. The lowest BCUT2D eigenvalue weighted by molar-refractivity contribution is 0.0696. The maximum atomic E-state index is 11.8. The van der Waals surface area contributed by atoms with Crippen LogP contribution in [0.15, 0.2) is 18.5 Å². The number of fused-ring (bicyclic) bond motifs is 1. The van der Waals surface area contributed by atoms with Gasteiger partial charge in [0.25, 0.3) is 5.91 Å². The molecule has 0 saturated heterocycles. The van der Waals surface area contributed by atoms with Crippen molar-refractivity contribution in [1.82, 2.24) is 9.61 Å². The second kappa shape index (κ2) is 5.26. The van der Waals surface area contributed by atoms with E-state index in [1.165, 1.54) is 23.0 Å². The van der Waals surface area contributed by atoms with Gasteiger partial charge in [-0.05, 0) is 24.3 Å². The second-order valence-electron chi connectivity index (χ2n) is 6.74. The van der Waals surface area contributed by atoms with Crippen LogP contribution in [0.2, 0.25) is 0 Å². The van der Waals surface area contributed by atoms with Gasteiger partial charge in [0.15, 0.2) is 0 Å². The van der Waals surface area contributed by atoms with Crippen LogP contribution in [-0.2, 0) is 0 Å². The highest BCUT2D eigenvalue weighted by Crippen LogP contribution is 2.40. The number of carboxylic acids is 1. The summed E-state index contributed by atoms with van der Waals surface area (Å²) in [5, 5.41) is 16.7. The van der Waals surface area contributed by atoms with Crippen molar-refractivity contribution in [3.05, 3.63) is 29.6 Å². The Morgan fingerprint density at radius 3 is 2.78 bits per heavy atom. The van der Waals surface area contributed by atoms with Crippen LogP contribution < -0.4 is 11.1 Å². The first-order chi connectivity index (χ1) is 10.8. The number of primary amides is 1. The van der Waals surface area contributed by atoms with E-state index in [9.17, 15) is 9.59 Å². The van der Waals surface area contributed by atoms with Crippen molar-refractivity contribution in [2.45, 2.75) is 39.2 Å². The summed E-state index contributed by atoms with van der Waals surface area (Å²) in [5.41, 5.74) is 7.05. The minimum atomic E-state index is -1.04. The summed E-state index contributed by atoms with van der Waals surface area (Å²) < 4.78 is 1.46. The molecule has 0 aromatic carbocycles. The Hall–Kier alpha value is -2.57. The summed E-state index contributed by atoms with van der Waals surface area (Å²) in [4.78, 5) is 23.0. The molecule has 0 unspecified atom stereocenters. The van der Waals surface area contributed by atoms with Crippen molar-refractivity contribution in [1.29, 1.82) is 0 Å². The lowest BCUT2D eigenvalue weighted by Gasteiger charge is -2.29. The predicted octanol–water partition coefficient (Wildman–Crippen LogP) is 2.12. The number of carboxylic acid groups (broad SMARTS) is 1. The molecule has 1 amide bonds. The van der Waals surface area contributed by atoms with Gasteiger partial charge in [0.1, 0.15) is 0 Å². The minimum absolute atomic E-state index is 0.0946. The van der Waals surface area contributed by atoms with Crippen LogP contribution in [-0.4, -0.2) is 32.6 Å². The highest BCUT2D eigenvalue weighted by Gasteiger charge is 2.35. The fourth-order valence-electron chi connectivity index (χ4n) is 3.28. The third-order valence-electron chi connectivity index (χ3n) is 4.73. The Bertz CT molecular complexity index is 794. The molecule has 0 radical (unpaired) electrons. The van der Waals surface area contributed by atoms with Crippen LogP contribution in [0, 0.1) is 5.41 Å². The van der Waals surface area contributed by atoms with Gasteiger partial charge in [-0.1, -0.05) is 20.3 Å². The molecule has 7 nitrogen and oxygen atoms in total. The Morgan fingerprint density at radius 2 is 2.22 bits per heavy atom. The zero-order valence-corrected chi connectivity index (χ0v) is 13.2. The van der Waals surface area contributed by atoms with E-state index in [4.69, 9.17) is 10.8 Å². The Balaban J connectivity index is 2.13. The quantitative estimate of drug-likeness (QED) is 0.800. The average Bonchev–Trinajstić information content (AvgIpc) is 3.03. The number of amides is 1. The number of nitrogens with two attached hydrogens (primary N) is 1. The molecule has 7 heteroatoms. The molecular formula is C16H20N4O3. The Morgan fingerprint density at radius 1 is 1.48 bits per heavy atom.